The summed E-state index contributed by atoms with van der Waals surface area (Å²) >= 11 is 7.35. The van der Waals surface area contributed by atoms with Crippen molar-refractivity contribution in [1.29, 1.82) is 0 Å². The molecule has 6 nitrogen and oxygen atoms in total. The van der Waals surface area contributed by atoms with Gasteiger partial charge in [-0.3, -0.25) is 14.5 Å². The molecule has 0 bridgehead atoms. The number of rotatable bonds is 10. The number of thioether (sulfide) groups is 1. The lowest BCUT2D eigenvalue weighted by Crippen LogP contribution is -2.45. The summed E-state index contributed by atoms with van der Waals surface area (Å²) in [6.45, 7) is 3.22. The molecule has 1 aliphatic heterocycles. The Kier molecular flexibility index (Phi) is 9.63. The van der Waals surface area contributed by atoms with Gasteiger partial charge in [0.2, 0.25) is 11.8 Å². The van der Waals surface area contributed by atoms with Crippen molar-refractivity contribution in [2.75, 3.05) is 18.5 Å². The Morgan fingerprint density at radius 2 is 1.81 bits per heavy atom. The zero-order chi connectivity index (χ0) is 26.0. The van der Waals surface area contributed by atoms with Crippen LogP contribution >= 0.6 is 23.4 Å². The Labute approximate surface area is 227 Å². The van der Waals surface area contributed by atoms with E-state index in [-0.39, 0.29) is 18.2 Å². The van der Waals surface area contributed by atoms with Crippen LogP contribution in [0.5, 0.6) is 5.75 Å². The van der Waals surface area contributed by atoms with Gasteiger partial charge in [0.15, 0.2) is 5.17 Å². The van der Waals surface area contributed by atoms with Gasteiger partial charge in [-0.05, 0) is 73.4 Å². The van der Waals surface area contributed by atoms with Gasteiger partial charge in [-0.1, -0.05) is 60.6 Å². The third-order valence-electron chi connectivity index (χ3n) is 5.77. The standard InChI is InChI=1S/C29H30ClN3O3S/c1-2-19-36-25-16-14-23(15-17-25)31-28(35)26-20-27(34)33(18-6-9-21-7-4-3-5-8-21)29(37-26)32-24-12-10-22(30)11-13-24/h3-5,7-8,10-17,26H,2,6,9,18-20H2,1H3,(H,31,35). The highest BCUT2D eigenvalue weighted by molar-refractivity contribution is 8.15. The summed E-state index contributed by atoms with van der Waals surface area (Å²) in [6, 6.07) is 24.6. The number of aliphatic imine (C=N–C) groups is 1. The molecule has 192 valence electrons. The summed E-state index contributed by atoms with van der Waals surface area (Å²) in [6.07, 6.45) is 2.68. The van der Waals surface area contributed by atoms with Gasteiger partial charge in [0.05, 0.1) is 12.3 Å². The number of anilines is 1. The second kappa shape index (κ2) is 13.3. The second-order valence-electron chi connectivity index (χ2n) is 8.68. The van der Waals surface area contributed by atoms with Crippen LogP contribution in [0.25, 0.3) is 0 Å². The van der Waals surface area contributed by atoms with E-state index in [9.17, 15) is 9.59 Å². The number of hydrogen-bond donors (Lipinski definition) is 1. The second-order valence-corrected chi connectivity index (χ2v) is 10.3. The number of hydrogen-bond acceptors (Lipinski definition) is 5. The summed E-state index contributed by atoms with van der Waals surface area (Å²) in [5.41, 5.74) is 2.55. The van der Waals surface area contributed by atoms with Crippen LogP contribution in [0.15, 0.2) is 83.9 Å². The topological polar surface area (TPSA) is 71.0 Å². The molecule has 8 heteroatoms. The van der Waals surface area contributed by atoms with Crippen molar-refractivity contribution in [1.82, 2.24) is 4.90 Å². The minimum atomic E-state index is -0.583. The number of halogens is 1. The molecular weight excluding hydrogens is 506 g/mol. The molecule has 4 rings (SSSR count). The van der Waals surface area contributed by atoms with Crippen LogP contribution in [0.2, 0.25) is 5.02 Å². The molecule has 1 fully saturated rings. The van der Waals surface area contributed by atoms with Crippen molar-refractivity contribution in [3.05, 3.63) is 89.4 Å². The molecule has 1 saturated heterocycles. The van der Waals surface area contributed by atoms with Crippen molar-refractivity contribution < 1.29 is 14.3 Å². The highest BCUT2D eigenvalue weighted by Crippen LogP contribution is 2.31. The average molecular weight is 536 g/mol. The smallest absolute Gasteiger partial charge is 0.238 e. The molecule has 1 atom stereocenters. The van der Waals surface area contributed by atoms with E-state index >= 15 is 0 Å². The van der Waals surface area contributed by atoms with Gasteiger partial charge >= 0.3 is 0 Å². The van der Waals surface area contributed by atoms with Crippen LogP contribution in [0.1, 0.15) is 31.7 Å². The molecule has 0 saturated carbocycles. The number of aryl methyl sites for hydroxylation is 1. The Hall–Kier alpha value is -3.29. The maximum atomic E-state index is 13.2. The fraction of sp³-hybridized carbons (Fsp3) is 0.276. The number of benzene rings is 3. The van der Waals surface area contributed by atoms with Crippen molar-refractivity contribution >= 4 is 51.7 Å². The Balaban J connectivity index is 1.46. The summed E-state index contributed by atoms with van der Waals surface area (Å²) in [5.74, 6) is 0.418. The fourth-order valence-corrected chi connectivity index (χ4v) is 5.10. The molecule has 1 aliphatic rings. The number of carbonyl (C=O) groups is 2. The average Bonchev–Trinajstić information content (AvgIpc) is 2.91. The number of nitrogens with one attached hydrogen (secondary N) is 1. The van der Waals surface area contributed by atoms with Crippen LogP contribution in [-0.2, 0) is 16.0 Å². The molecule has 37 heavy (non-hydrogen) atoms. The number of amides is 2. The first-order valence-electron chi connectivity index (χ1n) is 12.4. The van der Waals surface area contributed by atoms with Crippen LogP contribution in [-0.4, -0.2) is 40.3 Å². The predicted octanol–water partition coefficient (Wildman–Crippen LogP) is 6.72. The lowest BCUT2D eigenvalue weighted by molar-refractivity contribution is -0.129. The van der Waals surface area contributed by atoms with E-state index in [1.807, 2.05) is 37.3 Å². The molecule has 1 N–H and O–H groups in total. The summed E-state index contributed by atoms with van der Waals surface area (Å²) in [4.78, 5) is 32.8. The predicted molar refractivity (Wildman–Crippen MR) is 152 cm³/mol. The third-order valence-corrected chi connectivity index (χ3v) is 7.21. The minimum Gasteiger partial charge on any atom is -0.494 e. The molecule has 0 aliphatic carbocycles. The normalized spacial score (nSPS) is 16.6. The molecule has 1 heterocycles. The van der Waals surface area contributed by atoms with Crippen LogP contribution in [0, 0.1) is 0 Å². The highest BCUT2D eigenvalue weighted by atomic mass is 35.5. The van der Waals surface area contributed by atoms with E-state index in [0.717, 1.165) is 25.0 Å². The number of ether oxygens (including phenoxy) is 1. The van der Waals surface area contributed by atoms with E-state index in [1.54, 1.807) is 41.3 Å². The van der Waals surface area contributed by atoms with E-state index in [2.05, 4.69) is 17.4 Å². The van der Waals surface area contributed by atoms with Crippen LogP contribution in [0.4, 0.5) is 11.4 Å². The highest BCUT2D eigenvalue weighted by Gasteiger charge is 2.35. The SMILES string of the molecule is CCCOc1ccc(NC(=O)C2CC(=O)N(CCCc3ccccc3)C(=Nc3ccc(Cl)cc3)S2)cc1. The van der Waals surface area contributed by atoms with Crippen molar-refractivity contribution in [2.45, 2.75) is 37.9 Å². The first kappa shape index (κ1) is 26.8. The van der Waals surface area contributed by atoms with Gasteiger partial charge < -0.3 is 10.1 Å². The molecular formula is C29H30ClN3O3S. The molecule has 0 aromatic heterocycles. The molecule has 3 aromatic carbocycles. The number of nitrogens with zero attached hydrogens (tertiary/aromatic N) is 2. The molecule has 0 radical (unpaired) electrons. The summed E-state index contributed by atoms with van der Waals surface area (Å²) in [5, 5.41) is 3.48. The monoisotopic (exact) mass is 535 g/mol. The van der Waals surface area contributed by atoms with Gasteiger partial charge in [-0.15, -0.1) is 0 Å². The summed E-state index contributed by atoms with van der Waals surface area (Å²) in [7, 11) is 0. The van der Waals surface area contributed by atoms with Gasteiger partial charge in [0, 0.05) is 23.7 Å². The van der Waals surface area contributed by atoms with Gasteiger partial charge in [-0.25, -0.2) is 4.99 Å². The number of amidine groups is 1. The lowest BCUT2D eigenvalue weighted by Gasteiger charge is -2.32. The van der Waals surface area contributed by atoms with E-state index in [4.69, 9.17) is 21.3 Å². The Morgan fingerprint density at radius 3 is 2.51 bits per heavy atom. The molecule has 3 aromatic rings. The lowest BCUT2D eigenvalue weighted by atomic mass is 10.1. The minimum absolute atomic E-state index is 0.108. The van der Waals surface area contributed by atoms with Gasteiger partial charge in [-0.2, -0.15) is 0 Å². The molecule has 0 spiro atoms. The van der Waals surface area contributed by atoms with Crippen LogP contribution < -0.4 is 10.1 Å². The third kappa shape index (κ3) is 7.84. The van der Waals surface area contributed by atoms with E-state index in [0.29, 0.717) is 34.7 Å². The van der Waals surface area contributed by atoms with Gasteiger partial charge in [0.25, 0.3) is 0 Å². The van der Waals surface area contributed by atoms with Crippen LogP contribution in [0.3, 0.4) is 0 Å². The maximum absolute atomic E-state index is 13.2. The van der Waals surface area contributed by atoms with Crippen molar-refractivity contribution in [3.63, 3.8) is 0 Å². The Morgan fingerprint density at radius 1 is 1.08 bits per heavy atom. The maximum Gasteiger partial charge on any atom is 0.238 e. The van der Waals surface area contributed by atoms with E-state index < -0.39 is 5.25 Å². The zero-order valence-electron chi connectivity index (χ0n) is 20.7. The number of carbonyl (C=O) groups excluding carboxylic acids is 2. The first-order valence-corrected chi connectivity index (χ1v) is 13.7. The fourth-order valence-electron chi connectivity index (χ4n) is 3.85. The van der Waals surface area contributed by atoms with E-state index in [1.165, 1.54) is 17.3 Å². The largest absolute Gasteiger partial charge is 0.494 e. The molecule has 2 amide bonds. The molecule has 1 unspecified atom stereocenters. The Bertz CT molecular complexity index is 1220. The summed E-state index contributed by atoms with van der Waals surface area (Å²) < 4.78 is 5.60. The quantitative estimate of drug-likeness (QED) is 0.313. The zero-order valence-corrected chi connectivity index (χ0v) is 22.3. The first-order chi connectivity index (χ1) is 18.0. The van der Waals surface area contributed by atoms with Crippen molar-refractivity contribution in [2.24, 2.45) is 4.99 Å². The van der Waals surface area contributed by atoms with Crippen molar-refractivity contribution in [3.8, 4) is 5.75 Å². The van der Waals surface area contributed by atoms with Gasteiger partial charge in [0.1, 0.15) is 11.0 Å².